The second-order valence-corrected chi connectivity index (χ2v) is 5.30. The van der Waals surface area contributed by atoms with Gasteiger partial charge in [-0.05, 0) is 37.1 Å². The first-order valence-electron chi connectivity index (χ1n) is 6.32. The second-order valence-electron chi connectivity index (χ2n) is 4.38. The average molecular weight is 356 g/mol. The maximum atomic E-state index is 11.8. The Morgan fingerprint density at radius 2 is 1.86 bits per heavy atom. The maximum Gasteiger partial charge on any atom is 0.257 e. The van der Waals surface area contributed by atoms with Gasteiger partial charge in [0.05, 0.1) is 6.04 Å². The smallest absolute Gasteiger partial charge is 0.257 e. The van der Waals surface area contributed by atoms with Gasteiger partial charge in [-0.2, -0.15) is 0 Å². The van der Waals surface area contributed by atoms with E-state index in [-0.39, 0.29) is 5.96 Å². The van der Waals surface area contributed by atoms with Gasteiger partial charge in [-0.25, -0.2) is 0 Å². The number of nitrogens with zero attached hydrogens (tertiary/aromatic N) is 1. The van der Waals surface area contributed by atoms with Crippen molar-refractivity contribution in [2.75, 3.05) is 6.54 Å². The van der Waals surface area contributed by atoms with Crippen LogP contribution in [0.2, 0.25) is 0 Å². The summed E-state index contributed by atoms with van der Waals surface area (Å²) < 4.78 is 0.849. The predicted octanol–water partition coefficient (Wildman–Crippen LogP) is 0.0864. The van der Waals surface area contributed by atoms with Gasteiger partial charge >= 0.3 is 0 Å². The molecule has 7 N–H and O–H groups in total. The molecular formula is C13H18BrN5O2. The number of halogens is 1. The summed E-state index contributed by atoms with van der Waals surface area (Å²) in [5.41, 5.74) is 16.4. The first kappa shape index (κ1) is 17.1. The van der Waals surface area contributed by atoms with Crippen molar-refractivity contribution in [1.82, 2.24) is 5.32 Å². The summed E-state index contributed by atoms with van der Waals surface area (Å²) in [6, 6.07) is 5.87. The summed E-state index contributed by atoms with van der Waals surface area (Å²) >= 11 is 3.27. The van der Waals surface area contributed by atoms with Crippen molar-refractivity contribution >= 4 is 33.7 Å². The zero-order chi connectivity index (χ0) is 15.8. The average Bonchev–Trinajstić information content (AvgIpc) is 2.43. The normalized spacial score (nSPS) is 11.5. The number of carbonyl (C=O) groups is 2. The number of hydrogen-bond donors (Lipinski definition) is 4. The van der Waals surface area contributed by atoms with E-state index in [1.54, 1.807) is 24.3 Å². The Morgan fingerprint density at radius 3 is 2.43 bits per heavy atom. The van der Waals surface area contributed by atoms with Crippen LogP contribution < -0.4 is 22.5 Å². The van der Waals surface area contributed by atoms with Crippen LogP contribution in [0.15, 0.2) is 33.7 Å². The van der Waals surface area contributed by atoms with Gasteiger partial charge in [-0.1, -0.05) is 15.9 Å². The van der Waals surface area contributed by atoms with Crippen LogP contribution in [0.4, 0.5) is 0 Å². The fraction of sp³-hybridized carbons (Fsp3) is 0.308. The largest absolute Gasteiger partial charge is 0.370 e. The molecule has 21 heavy (non-hydrogen) atoms. The van der Waals surface area contributed by atoms with Gasteiger partial charge < -0.3 is 17.2 Å². The lowest BCUT2D eigenvalue weighted by molar-refractivity contribution is -0.121. The summed E-state index contributed by atoms with van der Waals surface area (Å²) in [4.78, 5) is 27.4. The zero-order valence-electron chi connectivity index (χ0n) is 11.4. The third-order valence-electron chi connectivity index (χ3n) is 2.65. The Hall–Kier alpha value is -1.93. The molecule has 2 amide bonds. The van der Waals surface area contributed by atoms with E-state index in [0.717, 1.165) is 4.47 Å². The molecule has 1 atom stereocenters. The standard InChI is InChI=1S/C13H18BrN5O2/c14-9-5-3-8(4-6-9)11(20)19-12(21)10(15)2-1-7-18-13(16)17/h3-6,10H,1-2,7,15H2,(H4,16,17,18)(H,19,20,21)/t10-/m0/s1. The number of rotatable bonds is 6. The third-order valence-corrected chi connectivity index (χ3v) is 3.18. The quantitative estimate of drug-likeness (QED) is 0.325. The SMILES string of the molecule is NC(N)=NCCC[C@H](N)C(=O)NC(=O)c1ccc(Br)cc1. The molecule has 0 saturated carbocycles. The van der Waals surface area contributed by atoms with E-state index in [1.807, 2.05) is 0 Å². The van der Waals surface area contributed by atoms with Gasteiger partial charge in [0.2, 0.25) is 5.91 Å². The number of hydrogen-bond acceptors (Lipinski definition) is 4. The number of nitrogens with two attached hydrogens (primary N) is 3. The molecule has 8 heteroatoms. The Kier molecular flexibility index (Phi) is 6.83. The predicted molar refractivity (Wildman–Crippen MR) is 84.5 cm³/mol. The van der Waals surface area contributed by atoms with Crippen molar-refractivity contribution in [2.24, 2.45) is 22.2 Å². The lowest BCUT2D eigenvalue weighted by Crippen LogP contribution is -2.43. The molecule has 0 unspecified atom stereocenters. The first-order chi connectivity index (χ1) is 9.90. The van der Waals surface area contributed by atoms with Crippen molar-refractivity contribution in [2.45, 2.75) is 18.9 Å². The molecule has 0 radical (unpaired) electrons. The van der Waals surface area contributed by atoms with Crippen molar-refractivity contribution in [3.8, 4) is 0 Å². The molecule has 0 saturated heterocycles. The molecule has 0 aliphatic rings. The highest BCUT2D eigenvalue weighted by Gasteiger charge is 2.16. The lowest BCUT2D eigenvalue weighted by Gasteiger charge is -2.10. The molecule has 0 aromatic heterocycles. The van der Waals surface area contributed by atoms with Crippen LogP contribution in [-0.2, 0) is 4.79 Å². The van der Waals surface area contributed by atoms with E-state index in [0.29, 0.717) is 24.9 Å². The first-order valence-corrected chi connectivity index (χ1v) is 7.11. The minimum absolute atomic E-state index is 0.00145. The van der Waals surface area contributed by atoms with Crippen molar-refractivity contribution < 1.29 is 9.59 Å². The molecule has 0 spiro atoms. The summed E-state index contributed by atoms with van der Waals surface area (Å²) in [5, 5.41) is 2.26. The number of imide groups is 1. The minimum Gasteiger partial charge on any atom is -0.370 e. The Bertz CT molecular complexity index is 526. The Labute approximate surface area is 131 Å². The monoisotopic (exact) mass is 355 g/mol. The molecule has 114 valence electrons. The molecule has 0 aliphatic heterocycles. The highest BCUT2D eigenvalue weighted by atomic mass is 79.9. The topological polar surface area (TPSA) is 137 Å². The molecule has 0 aliphatic carbocycles. The third kappa shape index (κ3) is 6.37. The van der Waals surface area contributed by atoms with E-state index in [9.17, 15) is 9.59 Å². The van der Waals surface area contributed by atoms with Crippen LogP contribution in [0.25, 0.3) is 0 Å². The lowest BCUT2D eigenvalue weighted by atomic mass is 10.1. The molecule has 0 heterocycles. The van der Waals surface area contributed by atoms with Crippen molar-refractivity contribution in [3.05, 3.63) is 34.3 Å². The molecule has 1 aromatic carbocycles. The summed E-state index contributed by atoms with van der Waals surface area (Å²) in [7, 11) is 0. The summed E-state index contributed by atoms with van der Waals surface area (Å²) in [5.74, 6) is -1.00. The van der Waals surface area contributed by atoms with Gasteiger partial charge in [0, 0.05) is 16.6 Å². The fourth-order valence-electron chi connectivity index (χ4n) is 1.53. The maximum absolute atomic E-state index is 11.8. The number of benzene rings is 1. The van der Waals surface area contributed by atoms with Crippen LogP contribution in [0, 0.1) is 0 Å². The molecule has 1 aromatic rings. The van der Waals surface area contributed by atoms with Gasteiger partial charge in [0.1, 0.15) is 0 Å². The van der Waals surface area contributed by atoms with E-state index in [2.05, 4.69) is 26.2 Å². The van der Waals surface area contributed by atoms with E-state index in [1.165, 1.54) is 0 Å². The molecule has 0 fully saturated rings. The van der Waals surface area contributed by atoms with Gasteiger partial charge in [0.15, 0.2) is 5.96 Å². The fourth-order valence-corrected chi connectivity index (χ4v) is 1.79. The van der Waals surface area contributed by atoms with E-state index < -0.39 is 17.9 Å². The van der Waals surface area contributed by atoms with Crippen LogP contribution in [0.3, 0.4) is 0 Å². The number of aliphatic imine (C=N–C) groups is 1. The minimum atomic E-state index is -0.779. The number of amides is 2. The van der Waals surface area contributed by atoms with Gasteiger partial charge in [-0.3, -0.25) is 19.9 Å². The van der Waals surface area contributed by atoms with Crippen LogP contribution in [0.5, 0.6) is 0 Å². The number of guanidine groups is 1. The van der Waals surface area contributed by atoms with E-state index >= 15 is 0 Å². The second kappa shape index (κ2) is 8.38. The summed E-state index contributed by atoms with van der Waals surface area (Å²) in [6.45, 7) is 0.393. The molecule has 0 bridgehead atoms. The Balaban J connectivity index is 2.43. The van der Waals surface area contributed by atoms with E-state index in [4.69, 9.17) is 17.2 Å². The van der Waals surface area contributed by atoms with Crippen LogP contribution in [-0.4, -0.2) is 30.4 Å². The molecular weight excluding hydrogens is 338 g/mol. The zero-order valence-corrected chi connectivity index (χ0v) is 13.0. The Morgan fingerprint density at radius 1 is 1.24 bits per heavy atom. The van der Waals surface area contributed by atoms with Gasteiger partial charge in [-0.15, -0.1) is 0 Å². The highest BCUT2D eigenvalue weighted by Crippen LogP contribution is 2.10. The van der Waals surface area contributed by atoms with Crippen molar-refractivity contribution in [3.63, 3.8) is 0 Å². The summed E-state index contributed by atoms with van der Waals surface area (Å²) in [6.07, 6.45) is 0.940. The molecule has 1 rings (SSSR count). The number of nitrogens with one attached hydrogen (secondary N) is 1. The molecule has 7 nitrogen and oxygen atoms in total. The van der Waals surface area contributed by atoms with Gasteiger partial charge in [0.25, 0.3) is 5.91 Å². The van der Waals surface area contributed by atoms with Crippen LogP contribution >= 0.6 is 15.9 Å². The van der Waals surface area contributed by atoms with Crippen molar-refractivity contribution in [1.29, 1.82) is 0 Å². The number of carbonyl (C=O) groups excluding carboxylic acids is 2. The highest BCUT2D eigenvalue weighted by molar-refractivity contribution is 9.10. The van der Waals surface area contributed by atoms with Crippen LogP contribution in [0.1, 0.15) is 23.2 Å².